The lowest BCUT2D eigenvalue weighted by Gasteiger charge is -2.37. The second-order valence-corrected chi connectivity index (χ2v) is 9.99. The van der Waals surface area contributed by atoms with E-state index in [9.17, 15) is 4.79 Å². The Labute approximate surface area is 192 Å². The van der Waals surface area contributed by atoms with Crippen LogP contribution >= 0.6 is 0 Å². The summed E-state index contributed by atoms with van der Waals surface area (Å²) in [6.45, 7) is 10.9. The zero-order valence-corrected chi connectivity index (χ0v) is 20.3. The van der Waals surface area contributed by atoms with Crippen molar-refractivity contribution in [3.63, 3.8) is 0 Å². The molecule has 31 heavy (non-hydrogen) atoms. The van der Waals surface area contributed by atoms with Gasteiger partial charge in [0.25, 0.3) is 0 Å². The number of unbranched alkanes of at least 4 members (excludes halogenated alkanes) is 5. The van der Waals surface area contributed by atoms with Crippen molar-refractivity contribution in [3.05, 3.63) is 25.0 Å². The predicted molar refractivity (Wildman–Crippen MR) is 130 cm³/mol. The number of allylic oxidation sites excluding steroid dienone is 1. The van der Waals surface area contributed by atoms with E-state index in [1.54, 1.807) is 6.08 Å². The summed E-state index contributed by atoms with van der Waals surface area (Å²) in [6.07, 6.45) is 21.7. The Morgan fingerprint density at radius 1 is 0.806 bits per heavy atom. The van der Waals surface area contributed by atoms with Crippen LogP contribution in [0.25, 0.3) is 0 Å². The minimum Gasteiger partial charge on any atom is -0.494 e. The molecule has 0 aliphatic heterocycles. The summed E-state index contributed by atoms with van der Waals surface area (Å²) >= 11 is 0. The normalized spacial score (nSPS) is 26.2. The lowest BCUT2D eigenvalue weighted by molar-refractivity contribution is -0.150. The number of carbonyl (C=O) groups excluding carboxylic acids is 1. The Morgan fingerprint density at radius 2 is 1.39 bits per heavy atom. The molecule has 0 unspecified atom stereocenters. The first-order valence-electron chi connectivity index (χ1n) is 13.2. The first-order chi connectivity index (χ1) is 15.1. The van der Waals surface area contributed by atoms with E-state index in [-0.39, 0.29) is 11.9 Å². The molecule has 2 aliphatic rings. The number of esters is 1. The van der Waals surface area contributed by atoms with E-state index in [0.29, 0.717) is 19.0 Å². The smallest absolute Gasteiger partial charge is 0.308 e. The molecule has 2 saturated carbocycles. The van der Waals surface area contributed by atoms with Gasteiger partial charge < -0.3 is 9.47 Å². The first kappa shape index (κ1) is 26.0. The molecule has 0 heterocycles. The summed E-state index contributed by atoms with van der Waals surface area (Å²) < 4.78 is 11.0. The van der Waals surface area contributed by atoms with Crippen molar-refractivity contribution in [2.75, 3.05) is 13.2 Å². The number of rotatable bonds is 15. The van der Waals surface area contributed by atoms with E-state index < -0.39 is 0 Å². The highest BCUT2D eigenvalue weighted by Crippen LogP contribution is 2.42. The molecule has 2 rings (SSSR count). The first-order valence-corrected chi connectivity index (χ1v) is 13.2. The molecule has 3 nitrogen and oxygen atoms in total. The van der Waals surface area contributed by atoms with Crippen molar-refractivity contribution < 1.29 is 14.3 Å². The molecule has 0 spiro atoms. The standard InChI is InChI=1S/C28H48O3/c1-4-6-9-12-24-13-15-25(16-14-24)26-17-19-27(20-18-26)28(29)31-22-11-8-7-10-21-30-23(3)5-2/h5,24-27H,2-4,6-22H2,1H3. The molecule has 0 bridgehead atoms. The number of ether oxygens (including phenoxy) is 2. The van der Waals surface area contributed by atoms with Gasteiger partial charge in [-0.25, -0.2) is 0 Å². The minimum absolute atomic E-state index is 0.0590. The summed E-state index contributed by atoms with van der Waals surface area (Å²) in [4.78, 5) is 12.4. The molecule has 2 fully saturated rings. The lowest BCUT2D eigenvalue weighted by Crippen LogP contribution is -2.29. The second-order valence-electron chi connectivity index (χ2n) is 9.99. The fraction of sp³-hybridized carbons (Fsp3) is 0.821. The monoisotopic (exact) mass is 432 g/mol. The molecule has 0 N–H and O–H groups in total. The Kier molecular flexibility index (Phi) is 13.0. The zero-order chi connectivity index (χ0) is 22.3. The molecule has 0 amide bonds. The molecule has 2 aliphatic carbocycles. The van der Waals surface area contributed by atoms with E-state index in [1.807, 2.05) is 0 Å². The van der Waals surface area contributed by atoms with Crippen molar-refractivity contribution >= 4 is 5.97 Å². The fourth-order valence-electron chi connectivity index (χ4n) is 5.57. The van der Waals surface area contributed by atoms with Crippen LogP contribution in [0.2, 0.25) is 0 Å². The Balaban J connectivity index is 1.49. The lowest BCUT2D eigenvalue weighted by atomic mass is 9.68. The third-order valence-corrected chi connectivity index (χ3v) is 7.68. The number of hydrogen-bond acceptors (Lipinski definition) is 3. The van der Waals surface area contributed by atoms with E-state index >= 15 is 0 Å². The van der Waals surface area contributed by atoms with Crippen LogP contribution in [0.3, 0.4) is 0 Å². The topological polar surface area (TPSA) is 35.5 Å². The fourth-order valence-corrected chi connectivity index (χ4v) is 5.57. The highest BCUT2D eigenvalue weighted by atomic mass is 16.5. The predicted octanol–water partition coefficient (Wildman–Crippen LogP) is 8.00. The van der Waals surface area contributed by atoms with E-state index in [4.69, 9.17) is 9.47 Å². The Morgan fingerprint density at radius 3 is 1.97 bits per heavy atom. The summed E-state index contributed by atoms with van der Waals surface area (Å²) in [5.41, 5.74) is 0. The van der Waals surface area contributed by atoms with Crippen LogP contribution in [0.4, 0.5) is 0 Å². The average molecular weight is 433 g/mol. The van der Waals surface area contributed by atoms with Crippen molar-refractivity contribution in [2.24, 2.45) is 23.7 Å². The van der Waals surface area contributed by atoms with Gasteiger partial charge in [0, 0.05) is 0 Å². The molecule has 0 aromatic rings. The van der Waals surface area contributed by atoms with Crippen molar-refractivity contribution in [1.29, 1.82) is 0 Å². The van der Waals surface area contributed by atoms with Crippen molar-refractivity contribution in [1.82, 2.24) is 0 Å². The molecule has 0 radical (unpaired) electrons. The molecular weight excluding hydrogens is 384 g/mol. The molecule has 3 heteroatoms. The molecular formula is C28H48O3. The quantitative estimate of drug-likeness (QED) is 0.114. The zero-order valence-electron chi connectivity index (χ0n) is 20.3. The highest BCUT2D eigenvalue weighted by Gasteiger charge is 2.33. The van der Waals surface area contributed by atoms with Crippen molar-refractivity contribution in [2.45, 2.75) is 110 Å². The van der Waals surface area contributed by atoms with Crippen molar-refractivity contribution in [3.8, 4) is 0 Å². The summed E-state index contributed by atoms with van der Waals surface area (Å²) in [6, 6.07) is 0. The third kappa shape index (κ3) is 10.3. The summed E-state index contributed by atoms with van der Waals surface area (Å²) in [5.74, 6) is 3.63. The summed E-state index contributed by atoms with van der Waals surface area (Å²) in [7, 11) is 0. The van der Waals surface area contributed by atoms with Crippen LogP contribution in [0.5, 0.6) is 0 Å². The molecule has 0 aromatic heterocycles. The van der Waals surface area contributed by atoms with Crippen LogP contribution in [0, 0.1) is 23.7 Å². The average Bonchev–Trinajstić information content (AvgIpc) is 2.81. The minimum atomic E-state index is 0.0590. The van der Waals surface area contributed by atoms with Gasteiger partial charge in [-0.15, -0.1) is 0 Å². The van der Waals surface area contributed by atoms with Gasteiger partial charge in [0.05, 0.1) is 19.1 Å². The van der Waals surface area contributed by atoms with Gasteiger partial charge in [0.1, 0.15) is 5.76 Å². The van der Waals surface area contributed by atoms with E-state index in [0.717, 1.165) is 56.3 Å². The van der Waals surface area contributed by atoms with E-state index in [1.165, 1.54) is 64.2 Å². The summed E-state index contributed by atoms with van der Waals surface area (Å²) in [5, 5.41) is 0. The third-order valence-electron chi connectivity index (χ3n) is 7.68. The maximum atomic E-state index is 12.4. The highest BCUT2D eigenvalue weighted by molar-refractivity contribution is 5.72. The Hall–Kier alpha value is -1.25. The SMILES string of the molecule is C=CC(=C)OCCCCCCOC(=O)C1CCC(C2CCC(CCCCC)CC2)CC1. The molecule has 0 atom stereocenters. The van der Waals surface area contributed by atoms with Gasteiger partial charge >= 0.3 is 5.97 Å². The second kappa shape index (κ2) is 15.5. The molecule has 178 valence electrons. The maximum Gasteiger partial charge on any atom is 0.308 e. The van der Waals surface area contributed by atoms with Gasteiger partial charge in [0.15, 0.2) is 0 Å². The van der Waals surface area contributed by atoms with Gasteiger partial charge in [-0.3, -0.25) is 4.79 Å². The van der Waals surface area contributed by atoms with Gasteiger partial charge in [0.2, 0.25) is 0 Å². The van der Waals surface area contributed by atoms with Crippen LogP contribution in [-0.2, 0) is 14.3 Å². The van der Waals surface area contributed by atoms with Gasteiger partial charge in [-0.2, -0.15) is 0 Å². The van der Waals surface area contributed by atoms with E-state index in [2.05, 4.69) is 20.1 Å². The van der Waals surface area contributed by atoms with Gasteiger partial charge in [-0.05, 0) is 88.0 Å². The van der Waals surface area contributed by atoms with Crippen LogP contribution in [-0.4, -0.2) is 19.2 Å². The van der Waals surface area contributed by atoms with Crippen LogP contribution in [0.15, 0.2) is 25.0 Å². The maximum absolute atomic E-state index is 12.4. The van der Waals surface area contributed by atoms with Crippen LogP contribution in [0.1, 0.15) is 110 Å². The van der Waals surface area contributed by atoms with Gasteiger partial charge in [-0.1, -0.05) is 58.6 Å². The Bertz CT molecular complexity index is 510. The number of hydrogen-bond donors (Lipinski definition) is 0. The van der Waals surface area contributed by atoms with Crippen LogP contribution < -0.4 is 0 Å². The number of carbonyl (C=O) groups is 1. The molecule has 0 aromatic carbocycles. The molecule has 0 saturated heterocycles. The largest absolute Gasteiger partial charge is 0.494 e.